The summed E-state index contributed by atoms with van der Waals surface area (Å²) in [5, 5.41) is 8.20. The summed E-state index contributed by atoms with van der Waals surface area (Å²) < 4.78 is 5.46. The van der Waals surface area contributed by atoms with Crippen molar-refractivity contribution >= 4 is 42.1 Å². The third-order valence-electron chi connectivity index (χ3n) is 3.37. The number of aromatic nitrogens is 1. The Labute approximate surface area is 135 Å². The summed E-state index contributed by atoms with van der Waals surface area (Å²) in [5.41, 5.74) is 2.19. The molecule has 0 bridgehead atoms. The maximum absolute atomic E-state index is 12.2. The zero-order chi connectivity index (χ0) is 12.8. The molecule has 1 aliphatic rings. The van der Waals surface area contributed by atoms with Crippen LogP contribution < -0.4 is 10.6 Å². The van der Waals surface area contributed by atoms with Crippen molar-refractivity contribution in [3.63, 3.8) is 0 Å². The van der Waals surface area contributed by atoms with Crippen molar-refractivity contribution < 1.29 is 9.53 Å². The Morgan fingerprint density at radius 1 is 1.50 bits per heavy atom. The van der Waals surface area contributed by atoms with Crippen LogP contribution in [-0.4, -0.2) is 43.2 Å². The van der Waals surface area contributed by atoms with Crippen LogP contribution in [-0.2, 0) is 16.0 Å². The maximum atomic E-state index is 12.2. The van der Waals surface area contributed by atoms with Gasteiger partial charge in [-0.25, -0.2) is 4.98 Å². The SMILES string of the molecule is COC1(C(=O)NCCc2cscn2)CCNCC1.Cl.Cl. The van der Waals surface area contributed by atoms with Crippen LogP contribution in [0.1, 0.15) is 18.5 Å². The second-order valence-electron chi connectivity index (χ2n) is 4.43. The Bertz CT molecular complexity index is 384. The Kier molecular flexibility index (Phi) is 9.33. The third-order valence-corrected chi connectivity index (χ3v) is 4.00. The van der Waals surface area contributed by atoms with Gasteiger partial charge in [-0.15, -0.1) is 36.2 Å². The van der Waals surface area contributed by atoms with Crippen molar-refractivity contribution in [1.29, 1.82) is 0 Å². The minimum Gasteiger partial charge on any atom is -0.368 e. The number of nitrogens with zero attached hydrogens (tertiary/aromatic N) is 1. The summed E-state index contributed by atoms with van der Waals surface area (Å²) >= 11 is 1.57. The molecule has 1 aromatic heterocycles. The third kappa shape index (κ3) is 4.86. The topological polar surface area (TPSA) is 63.2 Å². The van der Waals surface area contributed by atoms with E-state index in [1.54, 1.807) is 24.0 Å². The van der Waals surface area contributed by atoms with Crippen molar-refractivity contribution in [2.24, 2.45) is 0 Å². The zero-order valence-corrected chi connectivity index (χ0v) is 13.8. The van der Waals surface area contributed by atoms with E-state index in [-0.39, 0.29) is 30.7 Å². The van der Waals surface area contributed by atoms with Crippen LogP contribution in [0.3, 0.4) is 0 Å². The first-order chi connectivity index (χ1) is 8.77. The van der Waals surface area contributed by atoms with E-state index >= 15 is 0 Å². The lowest BCUT2D eigenvalue weighted by molar-refractivity contribution is -0.146. The largest absolute Gasteiger partial charge is 0.368 e. The fourth-order valence-electron chi connectivity index (χ4n) is 2.18. The molecule has 0 aliphatic carbocycles. The van der Waals surface area contributed by atoms with E-state index in [1.807, 2.05) is 5.38 Å². The molecule has 8 heteroatoms. The molecule has 1 fully saturated rings. The van der Waals surface area contributed by atoms with Gasteiger partial charge >= 0.3 is 0 Å². The molecule has 20 heavy (non-hydrogen) atoms. The molecule has 1 aromatic rings. The lowest BCUT2D eigenvalue weighted by atomic mass is 9.91. The second-order valence-corrected chi connectivity index (χ2v) is 5.15. The molecule has 5 nitrogen and oxygen atoms in total. The summed E-state index contributed by atoms with van der Waals surface area (Å²) in [5.74, 6) is 0.00160. The molecule has 1 saturated heterocycles. The molecule has 0 aromatic carbocycles. The number of hydrogen-bond acceptors (Lipinski definition) is 5. The number of methoxy groups -OCH3 is 1. The smallest absolute Gasteiger partial charge is 0.252 e. The van der Waals surface area contributed by atoms with E-state index in [2.05, 4.69) is 15.6 Å². The molecule has 0 atom stereocenters. The second kappa shape index (κ2) is 9.52. The summed E-state index contributed by atoms with van der Waals surface area (Å²) in [6, 6.07) is 0. The molecule has 2 N–H and O–H groups in total. The van der Waals surface area contributed by atoms with Gasteiger partial charge in [0.2, 0.25) is 0 Å². The average Bonchev–Trinajstić information content (AvgIpc) is 2.92. The van der Waals surface area contributed by atoms with Crippen LogP contribution in [0.25, 0.3) is 0 Å². The summed E-state index contributed by atoms with van der Waals surface area (Å²) in [4.78, 5) is 16.4. The molecule has 2 rings (SSSR count). The van der Waals surface area contributed by atoms with Gasteiger partial charge in [-0.05, 0) is 25.9 Å². The van der Waals surface area contributed by atoms with E-state index in [9.17, 15) is 4.79 Å². The van der Waals surface area contributed by atoms with Gasteiger partial charge in [0.1, 0.15) is 5.60 Å². The molecule has 1 aliphatic heterocycles. The fourth-order valence-corrected chi connectivity index (χ4v) is 2.77. The number of ether oxygens (including phenoxy) is 1. The molecule has 0 spiro atoms. The standard InChI is InChI=1S/C12H19N3O2S.2ClH/c1-17-12(3-6-13-7-4-12)11(16)14-5-2-10-8-18-9-15-10;;/h8-9,13H,2-7H2,1H3,(H,14,16);2*1H. The van der Waals surface area contributed by atoms with Gasteiger partial charge in [0.15, 0.2) is 0 Å². The van der Waals surface area contributed by atoms with Crippen LogP contribution >= 0.6 is 36.2 Å². The Hall–Kier alpha value is -0.400. The maximum Gasteiger partial charge on any atom is 0.252 e. The first-order valence-corrected chi connectivity index (χ1v) is 7.12. The summed E-state index contributed by atoms with van der Waals surface area (Å²) in [6.45, 7) is 2.27. The van der Waals surface area contributed by atoms with Crippen molar-refractivity contribution in [3.05, 3.63) is 16.6 Å². The molecular formula is C12H21Cl2N3O2S. The number of nitrogens with one attached hydrogen (secondary N) is 2. The van der Waals surface area contributed by atoms with Gasteiger partial charge in [0, 0.05) is 25.5 Å². The molecule has 0 radical (unpaired) electrons. The van der Waals surface area contributed by atoms with Gasteiger partial charge in [-0.2, -0.15) is 0 Å². The minimum absolute atomic E-state index is 0. The van der Waals surface area contributed by atoms with Gasteiger partial charge in [-0.3, -0.25) is 4.79 Å². The number of halogens is 2. The summed E-state index contributed by atoms with van der Waals surface area (Å²) in [6.07, 6.45) is 2.23. The van der Waals surface area contributed by atoms with Gasteiger partial charge in [0.25, 0.3) is 5.91 Å². The molecular weight excluding hydrogens is 321 g/mol. The van der Waals surface area contributed by atoms with Crippen molar-refractivity contribution in [3.8, 4) is 0 Å². The Morgan fingerprint density at radius 2 is 2.20 bits per heavy atom. The molecule has 0 unspecified atom stereocenters. The first kappa shape index (κ1) is 19.6. The van der Waals surface area contributed by atoms with E-state index in [0.717, 1.165) is 38.0 Å². The highest BCUT2D eigenvalue weighted by atomic mass is 35.5. The summed E-state index contributed by atoms with van der Waals surface area (Å²) in [7, 11) is 1.62. The van der Waals surface area contributed by atoms with E-state index < -0.39 is 5.60 Å². The van der Waals surface area contributed by atoms with E-state index in [4.69, 9.17) is 4.74 Å². The normalized spacial score (nSPS) is 16.6. The van der Waals surface area contributed by atoms with Gasteiger partial charge < -0.3 is 15.4 Å². The predicted molar refractivity (Wildman–Crippen MR) is 85.2 cm³/mol. The quantitative estimate of drug-likeness (QED) is 0.849. The van der Waals surface area contributed by atoms with Crippen LogP contribution in [0.5, 0.6) is 0 Å². The highest BCUT2D eigenvalue weighted by molar-refractivity contribution is 7.07. The number of piperidine rings is 1. The Balaban J connectivity index is 0.00000180. The Morgan fingerprint density at radius 3 is 2.75 bits per heavy atom. The molecule has 0 saturated carbocycles. The number of carbonyl (C=O) groups is 1. The first-order valence-electron chi connectivity index (χ1n) is 6.18. The number of carbonyl (C=O) groups excluding carboxylic acids is 1. The molecule has 1 amide bonds. The monoisotopic (exact) mass is 341 g/mol. The van der Waals surface area contributed by atoms with Crippen molar-refractivity contribution in [1.82, 2.24) is 15.6 Å². The molecule has 2 heterocycles. The lowest BCUT2D eigenvalue weighted by Crippen LogP contribution is -2.54. The number of rotatable bonds is 5. The van der Waals surface area contributed by atoms with Crippen molar-refractivity contribution in [2.45, 2.75) is 24.9 Å². The average molecular weight is 342 g/mol. The predicted octanol–water partition coefficient (Wildman–Crippen LogP) is 1.41. The number of thiazole rings is 1. The van der Waals surface area contributed by atoms with Crippen LogP contribution in [0.2, 0.25) is 0 Å². The van der Waals surface area contributed by atoms with E-state index in [0.29, 0.717) is 6.54 Å². The van der Waals surface area contributed by atoms with Gasteiger partial charge in [0.05, 0.1) is 11.2 Å². The van der Waals surface area contributed by atoms with Crippen LogP contribution in [0.4, 0.5) is 0 Å². The number of hydrogen-bond donors (Lipinski definition) is 2. The minimum atomic E-state index is -0.646. The fraction of sp³-hybridized carbons (Fsp3) is 0.667. The highest BCUT2D eigenvalue weighted by Gasteiger charge is 2.39. The van der Waals surface area contributed by atoms with Crippen molar-refractivity contribution in [2.75, 3.05) is 26.7 Å². The van der Waals surface area contributed by atoms with Gasteiger partial charge in [-0.1, -0.05) is 0 Å². The van der Waals surface area contributed by atoms with Crippen LogP contribution in [0, 0.1) is 0 Å². The highest BCUT2D eigenvalue weighted by Crippen LogP contribution is 2.22. The van der Waals surface area contributed by atoms with E-state index in [1.165, 1.54) is 0 Å². The molecule has 116 valence electrons. The van der Waals surface area contributed by atoms with Crippen LogP contribution in [0.15, 0.2) is 10.9 Å². The zero-order valence-electron chi connectivity index (χ0n) is 11.4. The lowest BCUT2D eigenvalue weighted by Gasteiger charge is -2.34. The number of amides is 1.